The molecule has 1 aliphatic rings. The zero-order valence-electron chi connectivity index (χ0n) is 11.5. The zero-order valence-corrected chi connectivity index (χ0v) is 11.5. The maximum absolute atomic E-state index is 13.7. The molecular weight excluding hydrogens is 247 g/mol. The number of ether oxygens (including phenoxy) is 2. The standard InChI is InChI=1S/C14H21FN2O2/c1-3-19-14-9-13(12(16)8-11(14)15)17(2)10-4-6-18-7-5-10/h8-10H,3-7,16H2,1-2H3. The second kappa shape index (κ2) is 6.10. The summed E-state index contributed by atoms with van der Waals surface area (Å²) in [6.45, 7) is 3.78. The van der Waals surface area contributed by atoms with Crippen LogP contribution in [0.25, 0.3) is 0 Å². The van der Waals surface area contributed by atoms with E-state index in [9.17, 15) is 4.39 Å². The molecule has 0 unspecified atom stereocenters. The second-order valence-corrected chi connectivity index (χ2v) is 4.73. The van der Waals surface area contributed by atoms with Crippen LogP contribution in [0.5, 0.6) is 5.75 Å². The first kappa shape index (κ1) is 13.9. The molecular formula is C14H21FN2O2. The van der Waals surface area contributed by atoms with Gasteiger partial charge in [0.05, 0.1) is 18.0 Å². The van der Waals surface area contributed by atoms with Crippen molar-refractivity contribution in [2.75, 3.05) is 37.5 Å². The minimum Gasteiger partial charge on any atom is -0.491 e. The maximum Gasteiger partial charge on any atom is 0.167 e. The van der Waals surface area contributed by atoms with Crippen LogP contribution in [0.2, 0.25) is 0 Å². The summed E-state index contributed by atoms with van der Waals surface area (Å²) in [5.74, 6) is -0.158. The molecule has 5 heteroatoms. The fourth-order valence-corrected chi connectivity index (χ4v) is 2.40. The number of nitrogens with zero attached hydrogens (tertiary/aromatic N) is 1. The van der Waals surface area contributed by atoms with Crippen molar-refractivity contribution in [1.82, 2.24) is 0 Å². The van der Waals surface area contributed by atoms with E-state index in [0.717, 1.165) is 31.7 Å². The third-order valence-electron chi connectivity index (χ3n) is 3.50. The van der Waals surface area contributed by atoms with Gasteiger partial charge in [-0.1, -0.05) is 0 Å². The first-order valence-electron chi connectivity index (χ1n) is 6.66. The van der Waals surface area contributed by atoms with Crippen LogP contribution in [0.4, 0.5) is 15.8 Å². The summed E-state index contributed by atoms with van der Waals surface area (Å²) >= 11 is 0. The highest BCUT2D eigenvalue weighted by atomic mass is 19.1. The molecule has 1 aromatic rings. The van der Waals surface area contributed by atoms with E-state index >= 15 is 0 Å². The van der Waals surface area contributed by atoms with Crippen LogP contribution in [0.15, 0.2) is 12.1 Å². The Kier molecular flexibility index (Phi) is 4.47. The fourth-order valence-electron chi connectivity index (χ4n) is 2.40. The molecule has 4 nitrogen and oxygen atoms in total. The van der Waals surface area contributed by atoms with Gasteiger partial charge in [0, 0.05) is 38.4 Å². The smallest absolute Gasteiger partial charge is 0.167 e. The van der Waals surface area contributed by atoms with E-state index in [0.29, 0.717) is 18.3 Å². The average Bonchev–Trinajstić information content (AvgIpc) is 2.42. The van der Waals surface area contributed by atoms with Crippen molar-refractivity contribution in [1.29, 1.82) is 0 Å². The van der Waals surface area contributed by atoms with Crippen molar-refractivity contribution in [3.05, 3.63) is 17.9 Å². The molecule has 2 N–H and O–H groups in total. The van der Waals surface area contributed by atoms with Crippen LogP contribution in [-0.4, -0.2) is 32.9 Å². The average molecular weight is 268 g/mol. The Bertz CT molecular complexity index is 434. The normalized spacial score (nSPS) is 16.4. The third-order valence-corrected chi connectivity index (χ3v) is 3.50. The molecule has 1 heterocycles. The second-order valence-electron chi connectivity index (χ2n) is 4.73. The van der Waals surface area contributed by atoms with Crippen molar-refractivity contribution < 1.29 is 13.9 Å². The van der Waals surface area contributed by atoms with Crippen LogP contribution in [0.3, 0.4) is 0 Å². The first-order valence-corrected chi connectivity index (χ1v) is 6.66. The lowest BCUT2D eigenvalue weighted by atomic mass is 10.1. The van der Waals surface area contributed by atoms with E-state index in [1.54, 1.807) is 6.07 Å². The Morgan fingerprint density at radius 2 is 2.11 bits per heavy atom. The number of benzene rings is 1. The largest absolute Gasteiger partial charge is 0.491 e. The Morgan fingerprint density at radius 1 is 1.42 bits per heavy atom. The van der Waals surface area contributed by atoms with Gasteiger partial charge < -0.3 is 20.1 Å². The molecule has 0 bridgehead atoms. The van der Waals surface area contributed by atoms with Gasteiger partial charge in [-0.25, -0.2) is 4.39 Å². The summed E-state index contributed by atoms with van der Waals surface area (Å²) < 4.78 is 24.3. The molecule has 0 aliphatic carbocycles. The molecule has 19 heavy (non-hydrogen) atoms. The third kappa shape index (κ3) is 3.10. The van der Waals surface area contributed by atoms with Crippen molar-refractivity contribution in [3.63, 3.8) is 0 Å². The Hall–Kier alpha value is -1.49. The lowest BCUT2D eigenvalue weighted by molar-refractivity contribution is 0.0855. The lowest BCUT2D eigenvalue weighted by Gasteiger charge is -2.33. The maximum atomic E-state index is 13.7. The molecule has 1 aromatic carbocycles. The highest BCUT2D eigenvalue weighted by molar-refractivity contribution is 5.70. The Morgan fingerprint density at radius 3 is 2.74 bits per heavy atom. The summed E-state index contributed by atoms with van der Waals surface area (Å²) in [5.41, 5.74) is 7.18. The summed E-state index contributed by atoms with van der Waals surface area (Å²) in [6.07, 6.45) is 1.91. The molecule has 1 aliphatic heterocycles. The summed E-state index contributed by atoms with van der Waals surface area (Å²) in [5, 5.41) is 0. The Balaban J connectivity index is 2.24. The molecule has 0 amide bonds. The van der Waals surface area contributed by atoms with Gasteiger partial charge in [0.2, 0.25) is 0 Å². The number of hydrogen-bond donors (Lipinski definition) is 1. The van der Waals surface area contributed by atoms with Crippen LogP contribution >= 0.6 is 0 Å². The van der Waals surface area contributed by atoms with Crippen molar-refractivity contribution >= 4 is 11.4 Å². The number of hydrogen-bond acceptors (Lipinski definition) is 4. The van der Waals surface area contributed by atoms with E-state index < -0.39 is 5.82 Å². The predicted octanol–water partition coefficient (Wildman–Crippen LogP) is 2.42. The van der Waals surface area contributed by atoms with Gasteiger partial charge in [-0.3, -0.25) is 0 Å². The number of rotatable bonds is 4. The number of nitrogens with two attached hydrogens (primary N) is 1. The Labute approximate surface area is 113 Å². The topological polar surface area (TPSA) is 47.7 Å². The minimum absolute atomic E-state index is 0.255. The molecule has 1 saturated heterocycles. The summed E-state index contributed by atoms with van der Waals surface area (Å²) in [7, 11) is 1.98. The number of halogens is 1. The fraction of sp³-hybridized carbons (Fsp3) is 0.571. The number of nitrogen functional groups attached to an aromatic ring is 1. The van der Waals surface area contributed by atoms with Crippen molar-refractivity contribution in [2.24, 2.45) is 0 Å². The van der Waals surface area contributed by atoms with Crippen LogP contribution in [0.1, 0.15) is 19.8 Å². The van der Waals surface area contributed by atoms with E-state index in [4.69, 9.17) is 15.2 Å². The van der Waals surface area contributed by atoms with Crippen molar-refractivity contribution in [2.45, 2.75) is 25.8 Å². The first-order chi connectivity index (χ1) is 9.13. The summed E-state index contributed by atoms with van der Waals surface area (Å²) in [4.78, 5) is 2.10. The number of anilines is 2. The molecule has 2 rings (SSSR count). The van der Waals surface area contributed by atoms with E-state index in [1.807, 2.05) is 14.0 Å². The van der Waals surface area contributed by atoms with E-state index in [1.165, 1.54) is 6.07 Å². The van der Waals surface area contributed by atoms with Gasteiger partial charge in [-0.15, -0.1) is 0 Å². The van der Waals surface area contributed by atoms with Gasteiger partial charge in [-0.2, -0.15) is 0 Å². The SMILES string of the molecule is CCOc1cc(N(C)C2CCOCC2)c(N)cc1F. The molecule has 0 radical (unpaired) electrons. The minimum atomic E-state index is -0.413. The van der Waals surface area contributed by atoms with Gasteiger partial charge >= 0.3 is 0 Å². The van der Waals surface area contributed by atoms with Crippen molar-refractivity contribution in [3.8, 4) is 5.75 Å². The van der Waals surface area contributed by atoms with E-state index in [2.05, 4.69) is 4.90 Å². The van der Waals surface area contributed by atoms with Gasteiger partial charge in [0.15, 0.2) is 11.6 Å². The molecule has 1 fully saturated rings. The lowest BCUT2D eigenvalue weighted by Crippen LogP contribution is -2.37. The van der Waals surface area contributed by atoms with E-state index in [-0.39, 0.29) is 5.75 Å². The molecule has 0 aromatic heterocycles. The van der Waals surface area contributed by atoms with Gasteiger partial charge in [-0.05, 0) is 19.8 Å². The van der Waals surface area contributed by atoms with Crippen LogP contribution in [0, 0.1) is 5.82 Å². The van der Waals surface area contributed by atoms with Gasteiger partial charge in [0.25, 0.3) is 0 Å². The monoisotopic (exact) mass is 268 g/mol. The quantitative estimate of drug-likeness (QED) is 0.852. The van der Waals surface area contributed by atoms with Gasteiger partial charge in [0.1, 0.15) is 0 Å². The van der Waals surface area contributed by atoms with Crippen LogP contribution in [-0.2, 0) is 4.74 Å². The highest BCUT2D eigenvalue weighted by Crippen LogP contribution is 2.33. The van der Waals surface area contributed by atoms with Crippen LogP contribution < -0.4 is 15.4 Å². The molecule has 0 saturated carbocycles. The summed E-state index contributed by atoms with van der Waals surface area (Å²) in [6, 6.07) is 3.38. The molecule has 0 spiro atoms. The predicted molar refractivity (Wildman–Crippen MR) is 74.2 cm³/mol. The molecule has 106 valence electrons. The molecule has 0 atom stereocenters. The zero-order chi connectivity index (χ0) is 13.8. The highest BCUT2D eigenvalue weighted by Gasteiger charge is 2.21.